The van der Waals surface area contributed by atoms with Gasteiger partial charge in [0.1, 0.15) is 0 Å². The van der Waals surface area contributed by atoms with Crippen molar-refractivity contribution in [2.45, 2.75) is 45.0 Å². The first-order chi connectivity index (χ1) is 8.56. The second-order valence-electron chi connectivity index (χ2n) is 5.72. The molecule has 1 N–H and O–H groups in total. The molecule has 3 nitrogen and oxygen atoms in total. The molecule has 0 aliphatic carbocycles. The molecule has 3 atom stereocenters. The van der Waals surface area contributed by atoms with Crippen molar-refractivity contribution in [3.05, 3.63) is 0 Å². The molecule has 1 fully saturated rings. The van der Waals surface area contributed by atoms with E-state index in [2.05, 4.69) is 49.7 Å². The standard InChI is InChI=1S/C14H30N2OS/c1-11(2)8-15-9-14(10-17-5)16-6-7-18-13(4)12(16)3/h11-15H,6-10H2,1-5H3. The maximum absolute atomic E-state index is 5.41. The number of rotatable bonds is 7. The van der Waals surface area contributed by atoms with Crippen molar-refractivity contribution in [3.63, 3.8) is 0 Å². The van der Waals surface area contributed by atoms with Gasteiger partial charge < -0.3 is 10.1 Å². The molecule has 0 aromatic carbocycles. The van der Waals surface area contributed by atoms with Gasteiger partial charge in [-0.15, -0.1) is 0 Å². The van der Waals surface area contributed by atoms with Gasteiger partial charge in [-0.2, -0.15) is 11.8 Å². The van der Waals surface area contributed by atoms with Gasteiger partial charge in [-0.25, -0.2) is 0 Å². The van der Waals surface area contributed by atoms with Gasteiger partial charge in [0.2, 0.25) is 0 Å². The van der Waals surface area contributed by atoms with Crippen molar-refractivity contribution >= 4 is 11.8 Å². The molecule has 18 heavy (non-hydrogen) atoms. The van der Waals surface area contributed by atoms with Crippen LogP contribution in [0.1, 0.15) is 27.7 Å². The highest BCUT2D eigenvalue weighted by Gasteiger charge is 2.30. The summed E-state index contributed by atoms with van der Waals surface area (Å²) in [7, 11) is 1.81. The van der Waals surface area contributed by atoms with Crippen LogP contribution in [-0.2, 0) is 4.74 Å². The van der Waals surface area contributed by atoms with E-state index in [1.165, 1.54) is 12.3 Å². The van der Waals surface area contributed by atoms with Crippen LogP contribution in [0.15, 0.2) is 0 Å². The highest BCUT2D eigenvalue weighted by Crippen LogP contribution is 2.25. The third-order valence-electron chi connectivity index (χ3n) is 3.69. The molecular formula is C14H30N2OS. The maximum Gasteiger partial charge on any atom is 0.0630 e. The van der Waals surface area contributed by atoms with Gasteiger partial charge in [-0.05, 0) is 19.4 Å². The largest absolute Gasteiger partial charge is 0.383 e. The normalized spacial score (nSPS) is 27.7. The van der Waals surface area contributed by atoms with Crippen molar-refractivity contribution in [3.8, 4) is 0 Å². The smallest absolute Gasteiger partial charge is 0.0630 e. The predicted molar refractivity (Wildman–Crippen MR) is 81.5 cm³/mol. The van der Waals surface area contributed by atoms with E-state index in [4.69, 9.17) is 4.74 Å². The number of hydrogen-bond acceptors (Lipinski definition) is 4. The molecule has 0 bridgehead atoms. The summed E-state index contributed by atoms with van der Waals surface area (Å²) in [6.07, 6.45) is 0. The Morgan fingerprint density at radius 3 is 2.67 bits per heavy atom. The van der Waals surface area contributed by atoms with Crippen LogP contribution in [0, 0.1) is 5.92 Å². The molecule has 3 unspecified atom stereocenters. The first-order valence-electron chi connectivity index (χ1n) is 7.13. The van der Waals surface area contributed by atoms with Crippen molar-refractivity contribution in [1.82, 2.24) is 10.2 Å². The highest BCUT2D eigenvalue weighted by atomic mass is 32.2. The Kier molecular flexibility index (Phi) is 7.61. The maximum atomic E-state index is 5.41. The zero-order valence-corrected chi connectivity index (χ0v) is 13.4. The summed E-state index contributed by atoms with van der Waals surface area (Å²) < 4.78 is 5.41. The molecule has 1 heterocycles. The van der Waals surface area contributed by atoms with Crippen LogP contribution in [0.2, 0.25) is 0 Å². The zero-order valence-electron chi connectivity index (χ0n) is 12.6. The van der Waals surface area contributed by atoms with Crippen LogP contribution in [0.4, 0.5) is 0 Å². The molecule has 1 saturated heterocycles. The van der Waals surface area contributed by atoms with Gasteiger partial charge in [0.25, 0.3) is 0 Å². The first kappa shape index (κ1) is 16.3. The third-order valence-corrected chi connectivity index (χ3v) is 5.03. The predicted octanol–water partition coefficient (Wildman–Crippen LogP) is 2.07. The van der Waals surface area contributed by atoms with E-state index in [1.807, 2.05) is 7.11 Å². The highest BCUT2D eigenvalue weighted by molar-refractivity contribution is 8.00. The lowest BCUT2D eigenvalue weighted by Gasteiger charge is -2.42. The van der Waals surface area contributed by atoms with E-state index in [-0.39, 0.29) is 0 Å². The average molecular weight is 274 g/mol. The third kappa shape index (κ3) is 5.08. The molecular weight excluding hydrogens is 244 g/mol. The van der Waals surface area contributed by atoms with Gasteiger partial charge in [-0.3, -0.25) is 4.90 Å². The Morgan fingerprint density at radius 2 is 2.06 bits per heavy atom. The summed E-state index contributed by atoms with van der Waals surface area (Å²) in [6.45, 7) is 13.3. The summed E-state index contributed by atoms with van der Waals surface area (Å²) in [5, 5.41) is 4.30. The van der Waals surface area contributed by atoms with Crippen molar-refractivity contribution in [1.29, 1.82) is 0 Å². The SMILES string of the molecule is COCC(CNCC(C)C)N1CCSC(C)C1C. The zero-order chi connectivity index (χ0) is 13.5. The lowest BCUT2D eigenvalue weighted by atomic mass is 10.1. The molecule has 0 aromatic heterocycles. The minimum Gasteiger partial charge on any atom is -0.383 e. The Labute approximate surface area is 117 Å². The Hall–Kier alpha value is 0.230. The molecule has 0 aromatic rings. The molecule has 1 rings (SSSR count). The number of ether oxygens (including phenoxy) is 1. The van der Waals surface area contributed by atoms with Gasteiger partial charge in [0.05, 0.1) is 6.61 Å². The number of methoxy groups -OCH3 is 1. The molecule has 0 radical (unpaired) electrons. The van der Waals surface area contributed by atoms with Crippen LogP contribution >= 0.6 is 11.8 Å². The van der Waals surface area contributed by atoms with Gasteiger partial charge in [-0.1, -0.05) is 20.8 Å². The van der Waals surface area contributed by atoms with Crippen LogP contribution < -0.4 is 5.32 Å². The summed E-state index contributed by atoms with van der Waals surface area (Å²) in [5.41, 5.74) is 0. The molecule has 1 aliphatic rings. The fraction of sp³-hybridized carbons (Fsp3) is 1.00. The van der Waals surface area contributed by atoms with Crippen LogP contribution in [0.5, 0.6) is 0 Å². The number of nitrogens with zero attached hydrogens (tertiary/aromatic N) is 1. The second-order valence-corrected chi connectivity index (χ2v) is 7.20. The van der Waals surface area contributed by atoms with Crippen molar-refractivity contribution in [2.24, 2.45) is 5.92 Å². The molecule has 0 spiro atoms. The van der Waals surface area contributed by atoms with E-state index in [9.17, 15) is 0 Å². The lowest BCUT2D eigenvalue weighted by Crippen LogP contribution is -2.55. The van der Waals surface area contributed by atoms with E-state index in [0.29, 0.717) is 18.0 Å². The summed E-state index contributed by atoms with van der Waals surface area (Å²) in [5.74, 6) is 1.96. The first-order valence-corrected chi connectivity index (χ1v) is 8.18. The van der Waals surface area contributed by atoms with E-state index >= 15 is 0 Å². The average Bonchev–Trinajstić information content (AvgIpc) is 2.31. The second kappa shape index (κ2) is 8.41. The quantitative estimate of drug-likeness (QED) is 0.768. The number of thioether (sulfide) groups is 1. The van der Waals surface area contributed by atoms with Crippen LogP contribution in [0.25, 0.3) is 0 Å². The molecule has 4 heteroatoms. The number of hydrogen-bond donors (Lipinski definition) is 1. The van der Waals surface area contributed by atoms with Crippen molar-refractivity contribution in [2.75, 3.05) is 39.1 Å². The Morgan fingerprint density at radius 1 is 1.33 bits per heavy atom. The number of nitrogens with one attached hydrogen (secondary N) is 1. The summed E-state index contributed by atoms with van der Waals surface area (Å²) in [4.78, 5) is 2.62. The molecule has 0 amide bonds. The van der Waals surface area contributed by atoms with Crippen LogP contribution in [0.3, 0.4) is 0 Å². The van der Waals surface area contributed by atoms with Gasteiger partial charge in [0.15, 0.2) is 0 Å². The fourth-order valence-corrected chi connectivity index (χ4v) is 3.60. The molecule has 0 saturated carbocycles. The monoisotopic (exact) mass is 274 g/mol. The Bertz CT molecular complexity index is 226. The Balaban J connectivity index is 2.48. The van der Waals surface area contributed by atoms with E-state index in [1.54, 1.807) is 0 Å². The fourth-order valence-electron chi connectivity index (χ4n) is 2.47. The van der Waals surface area contributed by atoms with E-state index < -0.39 is 0 Å². The topological polar surface area (TPSA) is 24.5 Å². The summed E-state index contributed by atoms with van der Waals surface area (Å²) >= 11 is 2.09. The van der Waals surface area contributed by atoms with Gasteiger partial charge >= 0.3 is 0 Å². The van der Waals surface area contributed by atoms with Crippen molar-refractivity contribution < 1.29 is 4.74 Å². The molecule has 1 aliphatic heterocycles. The van der Waals surface area contributed by atoms with Crippen LogP contribution in [-0.4, -0.2) is 61.3 Å². The lowest BCUT2D eigenvalue weighted by molar-refractivity contribution is 0.0664. The minimum atomic E-state index is 0.507. The summed E-state index contributed by atoms with van der Waals surface area (Å²) in [6, 6.07) is 1.15. The van der Waals surface area contributed by atoms with E-state index in [0.717, 1.165) is 24.9 Å². The minimum absolute atomic E-state index is 0.507. The van der Waals surface area contributed by atoms with Gasteiger partial charge in [0, 0.05) is 43.3 Å². The molecule has 108 valence electrons.